The maximum Gasteiger partial charge on any atom is 0.416 e. The fourth-order valence-electron chi connectivity index (χ4n) is 3.91. The summed E-state index contributed by atoms with van der Waals surface area (Å²) in [6.45, 7) is 3.28. The number of amides is 1. The minimum Gasteiger partial charge on any atom is -0.354 e. The van der Waals surface area contributed by atoms with Gasteiger partial charge in [0.15, 0.2) is 0 Å². The average molecular weight is 369 g/mol. The second-order valence-corrected chi connectivity index (χ2v) is 7.29. The molecule has 7 heteroatoms. The molecule has 0 saturated carbocycles. The SMILES string of the molecule is O=C(NCC1CCCN(Cc2ccccc2C(F)(F)F)C1)C1CCCN1. The van der Waals surface area contributed by atoms with Crippen LogP contribution in [0.1, 0.15) is 36.8 Å². The molecule has 0 bridgehead atoms. The van der Waals surface area contributed by atoms with E-state index in [1.807, 2.05) is 0 Å². The van der Waals surface area contributed by atoms with E-state index in [1.54, 1.807) is 12.1 Å². The number of halogens is 3. The number of hydrogen-bond acceptors (Lipinski definition) is 3. The van der Waals surface area contributed by atoms with Crippen LogP contribution in [0.2, 0.25) is 0 Å². The van der Waals surface area contributed by atoms with Crippen LogP contribution in [0.25, 0.3) is 0 Å². The highest BCUT2D eigenvalue weighted by Gasteiger charge is 2.33. The van der Waals surface area contributed by atoms with Gasteiger partial charge in [0, 0.05) is 19.6 Å². The van der Waals surface area contributed by atoms with Gasteiger partial charge in [-0.3, -0.25) is 9.69 Å². The zero-order chi connectivity index (χ0) is 18.6. The summed E-state index contributed by atoms with van der Waals surface area (Å²) in [7, 11) is 0. The van der Waals surface area contributed by atoms with Gasteiger partial charge >= 0.3 is 6.18 Å². The van der Waals surface area contributed by atoms with E-state index in [1.165, 1.54) is 6.07 Å². The lowest BCUT2D eigenvalue weighted by Gasteiger charge is -2.33. The van der Waals surface area contributed by atoms with Crippen LogP contribution in [-0.4, -0.2) is 43.0 Å². The number of nitrogens with one attached hydrogen (secondary N) is 2. The highest BCUT2D eigenvalue weighted by Crippen LogP contribution is 2.32. The smallest absolute Gasteiger partial charge is 0.354 e. The molecule has 2 aliphatic rings. The minimum atomic E-state index is -4.33. The van der Waals surface area contributed by atoms with Gasteiger partial charge in [-0.05, 0) is 56.3 Å². The quantitative estimate of drug-likeness (QED) is 0.839. The molecule has 1 aromatic carbocycles. The Balaban J connectivity index is 1.53. The first-order valence-electron chi connectivity index (χ1n) is 9.32. The summed E-state index contributed by atoms with van der Waals surface area (Å²) >= 11 is 0. The maximum atomic E-state index is 13.2. The molecule has 2 unspecified atom stereocenters. The number of benzene rings is 1. The van der Waals surface area contributed by atoms with Crippen molar-refractivity contribution in [3.63, 3.8) is 0 Å². The number of rotatable bonds is 5. The number of hydrogen-bond donors (Lipinski definition) is 2. The van der Waals surface area contributed by atoms with Crippen LogP contribution in [0.3, 0.4) is 0 Å². The molecule has 2 aliphatic heterocycles. The van der Waals surface area contributed by atoms with E-state index in [-0.39, 0.29) is 17.9 Å². The number of piperidine rings is 1. The van der Waals surface area contributed by atoms with Crippen molar-refractivity contribution in [1.29, 1.82) is 0 Å². The van der Waals surface area contributed by atoms with Crippen LogP contribution in [0.4, 0.5) is 13.2 Å². The summed E-state index contributed by atoms with van der Waals surface area (Å²) in [6.07, 6.45) is -0.495. The van der Waals surface area contributed by atoms with Crippen molar-refractivity contribution < 1.29 is 18.0 Å². The lowest BCUT2D eigenvalue weighted by atomic mass is 9.96. The standard InChI is InChI=1S/C19H26F3N3O/c20-19(21,22)16-7-2-1-6-15(16)13-25-10-4-5-14(12-25)11-24-18(26)17-8-3-9-23-17/h1-2,6-7,14,17,23H,3-5,8-13H2,(H,24,26). The average Bonchev–Trinajstić information content (AvgIpc) is 3.14. The zero-order valence-electron chi connectivity index (χ0n) is 14.8. The number of nitrogens with zero attached hydrogens (tertiary/aromatic N) is 1. The Morgan fingerprint density at radius 2 is 2.04 bits per heavy atom. The van der Waals surface area contributed by atoms with Gasteiger partial charge in [-0.2, -0.15) is 13.2 Å². The van der Waals surface area contributed by atoms with E-state index in [2.05, 4.69) is 15.5 Å². The van der Waals surface area contributed by atoms with Gasteiger partial charge < -0.3 is 10.6 Å². The van der Waals surface area contributed by atoms with Crippen LogP contribution < -0.4 is 10.6 Å². The number of carbonyl (C=O) groups is 1. The molecule has 0 spiro atoms. The molecule has 1 amide bonds. The van der Waals surface area contributed by atoms with Crippen molar-refractivity contribution in [1.82, 2.24) is 15.5 Å². The van der Waals surface area contributed by atoms with Crippen molar-refractivity contribution in [3.05, 3.63) is 35.4 Å². The first-order chi connectivity index (χ1) is 12.4. The lowest BCUT2D eigenvalue weighted by Crippen LogP contribution is -2.45. The zero-order valence-corrected chi connectivity index (χ0v) is 14.8. The molecule has 0 radical (unpaired) electrons. The van der Waals surface area contributed by atoms with E-state index in [0.717, 1.165) is 44.8 Å². The number of carbonyl (C=O) groups excluding carboxylic acids is 1. The van der Waals surface area contributed by atoms with Crippen molar-refractivity contribution >= 4 is 5.91 Å². The van der Waals surface area contributed by atoms with Crippen LogP contribution in [0.5, 0.6) is 0 Å². The Morgan fingerprint density at radius 1 is 1.23 bits per heavy atom. The lowest BCUT2D eigenvalue weighted by molar-refractivity contribution is -0.138. The van der Waals surface area contributed by atoms with Gasteiger partial charge in [0.1, 0.15) is 0 Å². The highest BCUT2D eigenvalue weighted by atomic mass is 19.4. The third kappa shape index (κ3) is 4.98. The molecule has 2 saturated heterocycles. The summed E-state index contributed by atoms with van der Waals surface area (Å²) in [5, 5.41) is 6.18. The van der Waals surface area contributed by atoms with Gasteiger partial charge in [-0.25, -0.2) is 0 Å². The molecule has 0 aromatic heterocycles. The molecule has 2 atom stereocenters. The molecule has 0 aliphatic carbocycles. The molecule has 2 N–H and O–H groups in total. The normalized spacial score (nSPS) is 24.6. The summed E-state index contributed by atoms with van der Waals surface area (Å²) in [5.41, 5.74) is -0.234. The number of alkyl halides is 3. The molecule has 144 valence electrons. The molecule has 2 heterocycles. The van der Waals surface area contributed by atoms with Crippen LogP contribution >= 0.6 is 0 Å². The van der Waals surface area contributed by atoms with Crippen LogP contribution in [0, 0.1) is 5.92 Å². The molecule has 3 rings (SSSR count). The molecule has 26 heavy (non-hydrogen) atoms. The van der Waals surface area contributed by atoms with Crippen molar-refractivity contribution in [2.45, 2.75) is 44.4 Å². The van der Waals surface area contributed by atoms with E-state index in [0.29, 0.717) is 25.2 Å². The Labute approximate surface area is 152 Å². The fraction of sp³-hybridized carbons (Fsp3) is 0.632. The summed E-state index contributed by atoms with van der Waals surface area (Å²) in [6, 6.07) is 5.69. The Kier molecular flexibility index (Phi) is 6.19. The largest absolute Gasteiger partial charge is 0.416 e. The molecular weight excluding hydrogens is 343 g/mol. The number of likely N-dealkylation sites (tertiary alicyclic amines) is 1. The van der Waals surface area contributed by atoms with E-state index in [9.17, 15) is 18.0 Å². The van der Waals surface area contributed by atoms with Gasteiger partial charge in [-0.15, -0.1) is 0 Å². The third-order valence-electron chi connectivity index (χ3n) is 5.26. The van der Waals surface area contributed by atoms with Crippen molar-refractivity contribution in [2.24, 2.45) is 5.92 Å². The van der Waals surface area contributed by atoms with E-state index < -0.39 is 11.7 Å². The van der Waals surface area contributed by atoms with Gasteiger partial charge in [0.05, 0.1) is 11.6 Å². The molecule has 1 aromatic rings. The Morgan fingerprint density at radius 3 is 2.77 bits per heavy atom. The second-order valence-electron chi connectivity index (χ2n) is 7.29. The fourth-order valence-corrected chi connectivity index (χ4v) is 3.91. The topological polar surface area (TPSA) is 44.4 Å². The van der Waals surface area contributed by atoms with E-state index >= 15 is 0 Å². The highest BCUT2D eigenvalue weighted by molar-refractivity contribution is 5.81. The van der Waals surface area contributed by atoms with Gasteiger partial charge in [0.2, 0.25) is 5.91 Å². The third-order valence-corrected chi connectivity index (χ3v) is 5.26. The predicted molar refractivity (Wildman–Crippen MR) is 93.5 cm³/mol. The molecule has 2 fully saturated rings. The summed E-state index contributed by atoms with van der Waals surface area (Å²) in [4.78, 5) is 14.2. The first kappa shape index (κ1) is 19.2. The predicted octanol–water partition coefficient (Wildman–Crippen LogP) is 2.79. The Bertz CT molecular complexity index is 614. The van der Waals surface area contributed by atoms with Crippen molar-refractivity contribution in [3.8, 4) is 0 Å². The van der Waals surface area contributed by atoms with Crippen LogP contribution in [0.15, 0.2) is 24.3 Å². The second kappa shape index (κ2) is 8.39. The van der Waals surface area contributed by atoms with E-state index in [4.69, 9.17) is 0 Å². The summed E-state index contributed by atoms with van der Waals surface area (Å²) in [5.74, 6) is 0.328. The summed E-state index contributed by atoms with van der Waals surface area (Å²) < 4.78 is 39.5. The van der Waals surface area contributed by atoms with Gasteiger partial charge in [-0.1, -0.05) is 18.2 Å². The maximum absolute atomic E-state index is 13.2. The van der Waals surface area contributed by atoms with Crippen LogP contribution in [-0.2, 0) is 17.5 Å². The first-order valence-corrected chi connectivity index (χ1v) is 9.32. The minimum absolute atomic E-state index is 0.0436. The van der Waals surface area contributed by atoms with Gasteiger partial charge in [0.25, 0.3) is 0 Å². The molecule has 4 nitrogen and oxygen atoms in total. The van der Waals surface area contributed by atoms with Crippen molar-refractivity contribution in [2.75, 3.05) is 26.2 Å². The monoisotopic (exact) mass is 369 g/mol. The Hall–Kier alpha value is -1.60. The molecular formula is C19H26F3N3O.